The number of aromatic nitrogens is 4. The van der Waals surface area contributed by atoms with E-state index >= 15 is 0 Å². The maximum absolute atomic E-state index is 12.7. The largest absolute Gasteiger partial charge is 3.00 e. The molecule has 0 atom stereocenters. The smallest absolute Gasteiger partial charge is 0.871 e. The molecule has 2 aromatic heterocycles. The van der Waals surface area contributed by atoms with E-state index in [0.29, 0.717) is 22.8 Å². The Hall–Kier alpha value is -4.98. The van der Waals surface area contributed by atoms with Crippen LogP contribution in [0.3, 0.4) is 0 Å². The van der Waals surface area contributed by atoms with E-state index in [0.717, 1.165) is 18.2 Å². The van der Waals surface area contributed by atoms with Crippen LogP contribution in [0.1, 0.15) is 11.4 Å². The second-order valence-corrected chi connectivity index (χ2v) is 12.9. The maximum Gasteiger partial charge on any atom is 3.00 e. The first-order valence-corrected chi connectivity index (χ1v) is 17.3. The molecule has 7 rings (SSSR count). The number of nitro groups is 1. The zero-order valence-corrected chi connectivity index (χ0v) is 37.0. The van der Waals surface area contributed by atoms with E-state index in [1.54, 1.807) is 74.5 Å². The van der Waals surface area contributed by atoms with Crippen molar-refractivity contribution in [3.05, 3.63) is 131 Å². The summed E-state index contributed by atoms with van der Waals surface area (Å²) >= 11 is 0. The quantitative estimate of drug-likeness (QED) is 0.0615. The van der Waals surface area contributed by atoms with Crippen molar-refractivity contribution < 1.29 is 115 Å². The van der Waals surface area contributed by atoms with Crippen molar-refractivity contribution in [1.82, 2.24) is 19.6 Å². The predicted octanol–water partition coefficient (Wildman–Crippen LogP) is -0.542. The number of nitrogens with zero attached hydrogens (tertiary/aromatic N) is 9. The standard InChI is InChI=1S/C20H16N4O5S.C16H13N5O4.Cr.2Na/c1-12-18(20(26)24(23-12)13-7-3-2-4-8-13)21-22-19-15-10-6-5-9-14(15)17(11-16(19)25)30(27,28)29;1-10-15(16(23)20(19-10)11-5-3-2-4-6-11)18-17-13-8-7-12(21(24)25)9-14(13)22;;;/h2-11,25-26H,1H3,(H,27,28,29);2-9,22-23H,1H3;;;/q;;+3;2*+1/p-5. The molecule has 58 heavy (non-hydrogen) atoms. The van der Waals surface area contributed by atoms with Gasteiger partial charge in [0.25, 0.3) is 5.69 Å². The molecular weight excluding hydrogens is 832 g/mol. The summed E-state index contributed by atoms with van der Waals surface area (Å²) in [5, 5.41) is 83.9. The van der Waals surface area contributed by atoms with Crippen LogP contribution in [0.4, 0.5) is 28.4 Å². The van der Waals surface area contributed by atoms with E-state index in [4.69, 9.17) is 0 Å². The van der Waals surface area contributed by atoms with Crippen LogP contribution in [0.15, 0.2) is 135 Å². The Balaban J connectivity index is 0.000000300. The molecule has 0 saturated heterocycles. The first-order valence-electron chi connectivity index (χ1n) is 15.9. The van der Waals surface area contributed by atoms with Crippen molar-refractivity contribution >= 4 is 49.3 Å². The van der Waals surface area contributed by atoms with Gasteiger partial charge < -0.3 is 25.0 Å². The van der Waals surface area contributed by atoms with Crippen LogP contribution in [-0.2, 0) is 27.5 Å². The average Bonchev–Trinajstić information content (AvgIpc) is 3.62. The van der Waals surface area contributed by atoms with E-state index in [-0.39, 0.29) is 116 Å². The first kappa shape index (κ1) is 47.4. The van der Waals surface area contributed by atoms with E-state index in [9.17, 15) is 43.5 Å². The second-order valence-electron chi connectivity index (χ2n) is 11.5. The topological polar surface area (TPSA) is 278 Å². The molecule has 0 N–H and O–H groups in total. The summed E-state index contributed by atoms with van der Waals surface area (Å²) < 4.78 is 36.9. The minimum Gasteiger partial charge on any atom is -0.871 e. The summed E-state index contributed by atoms with van der Waals surface area (Å²) in [5.41, 5.74) is 1.13. The fourth-order valence-corrected chi connectivity index (χ4v) is 5.93. The minimum atomic E-state index is -4.86. The molecule has 0 aliphatic carbocycles. The van der Waals surface area contributed by atoms with Crippen molar-refractivity contribution in [2.45, 2.75) is 18.7 Å². The summed E-state index contributed by atoms with van der Waals surface area (Å²) in [6, 6.07) is 27.4. The summed E-state index contributed by atoms with van der Waals surface area (Å²) in [7, 11) is -4.86. The van der Waals surface area contributed by atoms with Gasteiger partial charge in [-0.05, 0) is 50.2 Å². The van der Waals surface area contributed by atoms with Crippen LogP contribution in [0.5, 0.6) is 23.3 Å². The zero-order valence-electron chi connectivity index (χ0n) is 30.9. The van der Waals surface area contributed by atoms with Gasteiger partial charge in [0.2, 0.25) is 0 Å². The maximum atomic E-state index is 12.7. The van der Waals surface area contributed by atoms with Crippen molar-refractivity contribution in [2.24, 2.45) is 20.5 Å². The van der Waals surface area contributed by atoms with E-state index in [1.165, 1.54) is 33.6 Å². The Labute approximate surface area is 384 Å². The number of benzene rings is 5. The Kier molecular flexibility index (Phi) is 16.5. The van der Waals surface area contributed by atoms with Gasteiger partial charge in [0.05, 0.1) is 44.0 Å². The molecule has 0 saturated carbocycles. The first-order chi connectivity index (χ1) is 26.2. The SMILES string of the molecule is Cc1nn(-c2ccccc2)c([O-])c1N=Nc1c([O-])cc(S(=O)(=O)[O-])c2ccccc12.Cc1nn(-c2ccccc2)c([O-])c1N=Nc1ccc([N+](=O)[O-])cc1[O-].[Cr+3].[Na+].[Na+]. The van der Waals surface area contributed by atoms with E-state index in [1.807, 2.05) is 6.07 Å². The number of fused-ring (bicyclic) bond motifs is 1. The van der Waals surface area contributed by atoms with Gasteiger partial charge in [0.1, 0.15) is 21.5 Å². The Morgan fingerprint density at radius 3 is 1.52 bits per heavy atom. The van der Waals surface area contributed by atoms with Crippen molar-refractivity contribution in [1.29, 1.82) is 0 Å². The number of rotatable bonds is 8. The monoisotopic (exact) mass is 856 g/mol. The van der Waals surface area contributed by atoms with Gasteiger partial charge in [0, 0.05) is 34.7 Å². The molecule has 0 aliphatic rings. The van der Waals surface area contributed by atoms with Gasteiger partial charge in [0.15, 0.2) is 0 Å². The van der Waals surface area contributed by atoms with Crippen LogP contribution in [0, 0.1) is 24.0 Å². The molecule has 1 radical (unpaired) electrons. The molecule has 0 unspecified atom stereocenters. The molecular formula is C36H24CrN9Na2O9S. The number of hydrogen-bond acceptors (Lipinski definition) is 15. The molecule has 2 heterocycles. The molecule has 0 aliphatic heterocycles. The molecule has 0 spiro atoms. The van der Waals surface area contributed by atoms with Gasteiger partial charge >= 0.3 is 76.5 Å². The van der Waals surface area contributed by atoms with Crippen LogP contribution in [-0.4, -0.2) is 37.5 Å². The fourth-order valence-electron chi connectivity index (χ4n) is 5.23. The molecule has 18 nitrogen and oxygen atoms in total. The van der Waals surface area contributed by atoms with Gasteiger partial charge in [-0.2, -0.15) is 20.4 Å². The normalized spacial score (nSPS) is 11.0. The number of para-hydroxylation sites is 2. The molecule has 0 fully saturated rings. The number of aryl methyl sites for hydroxylation is 2. The second kappa shape index (κ2) is 20.1. The molecule has 281 valence electrons. The van der Waals surface area contributed by atoms with E-state index < -0.39 is 43.2 Å². The molecule has 22 heteroatoms. The molecule has 5 aromatic carbocycles. The number of azo groups is 2. The Bertz CT molecular complexity index is 2750. The van der Waals surface area contributed by atoms with Gasteiger partial charge in [-0.25, -0.2) is 17.8 Å². The predicted molar refractivity (Wildman–Crippen MR) is 188 cm³/mol. The summed E-state index contributed by atoms with van der Waals surface area (Å²) in [4.78, 5) is 9.33. The minimum absolute atomic E-state index is 0. The molecule has 7 aromatic rings. The third-order valence-electron chi connectivity index (χ3n) is 7.85. The van der Waals surface area contributed by atoms with Gasteiger partial charge in [-0.1, -0.05) is 72.2 Å². The number of non-ortho nitro benzene ring substituents is 1. The van der Waals surface area contributed by atoms with Crippen LogP contribution in [0.25, 0.3) is 22.1 Å². The van der Waals surface area contributed by atoms with Gasteiger partial charge in [-0.15, -0.1) is 10.2 Å². The number of hydrogen-bond donors (Lipinski definition) is 0. The van der Waals surface area contributed by atoms with E-state index in [2.05, 4.69) is 30.7 Å². The third-order valence-corrected chi connectivity index (χ3v) is 8.73. The van der Waals surface area contributed by atoms with Crippen LogP contribution < -0.4 is 79.5 Å². The summed E-state index contributed by atoms with van der Waals surface area (Å²) in [6.45, 7) is 3.18. The average molecular weight is 857 g/mol. The van der Waals surface area contributed by atoms with Crippen molar-refractivity contribution in [2.75, 3.05) is 0 Å². The summed E-state index contributed by atoms with van der Waals surface area (Å²) in [5.74, 6) is -2.44. The summed E-state index contributed by atoms with van der Waals surface area (Å²) in [6.07, 6.45) is 0. The van der Waals surface area contributed by atoms with Crippen LogP contribution >= 0.6 is 0 Å². The van der Waals surface area contributed by atoms with Gasteiger partial charge in [-0.3, -0.25) is 10.1 Å². The number of nitro benzene ring substituents is 1. The Morgan fingerprint density at radius 1 is 0.603 bits per heavy atom. The third kappa shape index (κ3) is 10.4. The zero-order chi connectivity index (χ0) is 39.4. The molecule has 0 bridgehead atoms. The van der Waals surface area contributed by atoms with Crippen LogP contribution in [0.2, 0.25) is 0 Å². The fraction of sp³-hybridized carbons (Fsp3) is 0.0556. The van der Waals surface area contributed by atoms with Crippen molar-refractivity contribution in [3.63, 3.8) is 0 Å². The Morgan fingerprint density at radius 2 is 1.05 bits per heavy atom. The van der Waals surface area contributed by atoms with Crippen molar-refractivity contribution in [3.8, 4) is 34.6 Å². The molecule has 0 amide bonds.